The minimum Gasteiger partial charge on any atom is -0.459 e. The first-order valence-electron chi connectivity index (χ1n) is 6.49. The van der Waals surface area contributed by atoms with Gasteiger partial charge in [-0.05, 0) is 56.8 Å². The number of aryl methyl sites for hydroxylation is 2. The van der Waals surface area contributed by atoms with Gasteiger partial charge in [-0.15, -0.1) is 0 Å². The number of halogens is 1. The van der Waals surface area contributed by atoms with E-state index in [0.717, 1.165) is 17.9 Å². The molecule has 1 fully saturated rings. The molecule has 3 heteroatoms. The van der Waals surface area contributed by atoms with Crippen molar-refractivity contribution in [3.05, 3.63) is 33.0 Å². The largest absolute Gasteiger partial charge is 0.459 e. The molecule has 0 saturated heterocycles. The van der Waals surface area contributed by atoms with Crippen LogP contribution in [0.3, 0.4) is 0 Å². The summed E-state index contributed by atoms with van der Waals surface area (Å²) in [5, 5.41) is 4.54. The van der Waals surface area contributed by atoms with E-state index in [9.17, 15) is 0 Å². The number of fused-ring (bicyclic) bond motifs is 1. The number of furan rings is 1. The fourth-order valence-electron chi connectivity index (χ4n) is 2.76. The molecule has 1 aliphatic carbocycles. The van der Waals surface area contributed by atoms with Crippen LogP contribution in [0.1, 0.15) is 41.2 Å². The van der Waals surface area contributed by atoms with Gasteiger partial charge in [0.05, 0.1) is 6.54 Å². The summed E-state index contributed by atoms with van der Waals surface area (Å²) in [5.41, 5.74) is 5.04. The highest BCUT2D eigenvalue weighted by atomic mass is 79.9. The molecule has 2 aromatic rings. The highest BCUT2D eigenvalue weighted by molar-refractivity contribution is 9.10. The summed E-state index contributed by atoms with van der Waals surface area (Å²) < 4.78 is 7.29. The molecule has 1 saturated carbocycles. The third-order valence-electron chi connectivity index (χ3n) is 3.77. The predicted octanol–water partition coefficient (Wildman–Crippen LogP) is 4.41. The summed E-state index contributed by atoms with van der Waals surface area (Å²) in [6.07, 6.45) is 2.60. The van der Waals surface area contributed by atoms with Crippen LogP contribution < -0.4 is 5.32 Å². The van der Waals surface area contributed by atoms with Crippen LogP contribution in [0.25, 0.3) is 11.0 Å². The van der Waals surface area contributed by atoms with E-state index in [1.807, 2.05) is 7.05 Å². The highest BCUT2D eigenvalue weighted by Crippen LogP contribution is 2.48. The molecular formula is C15H18BrNO. The number of nitrogens with one attached hydrogen (secondary N) is 1. The van der Waals surface area contributed by atoms with Crippen molar-refractivity contribution in [2.75, 3.05) is 7.05 Å². The van der Waals surface area contributed by atoms with Gasteiger partial charge < -0.3 is 9.73 Å². The van der Waals surface area contributed by atoms with Gasteiger partial charge in [-0.1, -0.05) is 15.9 Å². The maximum absolute atomic E-state index is 6.07. The molecule has 0 unspecified atom stereocenters. The molecule has 1 heterocycles. The van der Waals surface area contributed by atoms with E-state index in [1.165, 1.54) is 39.4 Å². The molecule has 96 valence electrons. The van der Waals surface area contributed by atoms with Gasteiger partial charge >= 0.3 is 0 Å². The summed E-state index contributed by atoms with van der Waals surface area (Å²) in [4.78, 5) is 0. The second kappa shape index (κ2) is 4.39. The van der Waals surface area contributed by atoms with E-state index in [0.29, 0.717) is 5.92 Å². The van der Waals surface area contributed by atoms with Gasteiger partial charge in [0, 0.05) is 15.4 Å². The Morgan fingerprint density at radius 1 is 1.39 bits per heavy atom. The second-order valence-corrected chi connectivity index (χ2v) is 6.04. The Balaban J connectivity index is 2.31. The van der Waals surface area contributed by atoms with Gasteiger partial charge in [-0.3, -0.25) is 0 Å². The number of hydrogen-bond donors (Lipinski definition) is 1. The molecule has 3 rings (SSSR count). The highest BCUT2D eigenvalue weighted by Gasteiger charge is 2.31. The van der Waals surface area contributed by atoms with Gasteiger partial charge in [-0.25, -0.2) is 0 Å². The van der Waals surface area contributed by atoms with Crippen molar-refractivity contribution >= 4 is 26.9 Å². The SMILES string of the molecule is CNCc1oc2cc(C)c(Br)c(C)c2c1C1CC1. The molecule has 1 aromatic heterocycles. The Labute approximate surface area is 116 Å². The third kappa shape index (κ3) is 1.81. The molecule has 1 aromatic carbocycles. The van der Waals surface area contributed by atoms with Gasteiger partial charge in [0.15, 0.2) is 0 Å². The van der Waals surface area contributed by atoms with Crippen LogP contribution >= 0.6 is 15.9 Å². The molecule has 18 heavy (non-hydrogen) atoms. The van der Waals surface area contributed by atoms with Crippen molar-refractivity contribution < 1.29 is 4.42 Å². The average molecular weight is 308 g/mol. The quantitative estimate of drug-likeness (QED) is 0.908. The van der Waals surface area contributed by atoms with E-state index in [4.69, 9.17) is 4.42 Å². The first-order chi connectivity index (χ1) is 8.63. The van der Waals surface area contributed by atoms with E-state index in [-0.39, 0.29) is 0 Å². The standard InChI is InChI=1S/C15H18BrNO/c1-8-6-11-13(9(2)15(8)16)14(10-4-5-10)12(18-11)7-17-3/h6,10,17H,4-5,7H2,1-3H3. The van der Waals surface area contributed by atoms with Crippen LogP contribution in [0.15, 0.2) is 15.0 Å². The van der Waals surface area contributed by atoms with Gasteiger partial charge in [0.2, 0.25) is 0 Å². The number of benzene rings is 1. The molecule has 1 aliphatic rings. The van der Waals surface area contributed by atoms with Crippen LogP contribution in [-0.4, -0.2) is 7.05 Å². The molecule has 0 amide bonds. The Kier molecular flexibility index (Phi) is 2.99. The molecule has 0 spiro atoms. The lowest BCUT2D eigenvalue weighted by Crippen LogP contribution is -2.05. The van der Waals surface area contributed by atoms with Gasteiger partial charge in [0.1, 0.15) is 11.3 Å². The summed E-state index contributed by atoms with van der Waals surface area (Å²) in [7, 11) is 1.97. The fourth-order valence-corrected chi connectivity index (χ4v) is 3.07. The molecular weight excluding hydrogens is 290 g/mol. The maximum atomic E-state index is 6.07. The summed E-state index contributed by atoms with van der Waals surface area (Å²) in [6.45, 7) is 5.12. The van der Waals surface area contributed by atoms with Crippen molar-refractivity contribution in [1.29, 1.82) is 0 Å². The number of hydrogen-bond acceptors (Lipinski definition) is 2. The van der Waals surface area contributed by atoms with Crippen molar-refractivity contribution in [3.63, 3.8) is 0 Å². The van der Waals surface area contributed by atoms with Crippen molar-refractivity contribution in [2.24, 2.45) is 0 Å². The Hall–Kier alpha value is -0.800. The lowest BCUT2D eigenvalue weighted by molar-refractivity contribution is 0.524. The van der Waals surface area contributed by atoms with E-state index in [1.54, 1.807) is 0 Å². The molecule has 0 radical (unpaired) electrons. The van der Waals surface area contributed by atoms with Gasteiger partial charge in [0.25, 0.3) is 0 Å². The zero-order valence-corrected chi connectivity index (χ0v) is 12.6. The Bertz CT molecular complexity index is 611. The zero-order valence-electron chi connectivity index (χ0n) is 11.1. The van der Waals surface area contributed by atoms with Crippen LogP contribution in [-0.2, 0) is 6.54 Å². The van der Waals surface area contributed by atoms with Crippen LogP contribution in [0.5, 0.6) is 0 Å². The predicted molar refractivity (Wildman–Crippen MR) is 78.1 cm³/mol. The zero-order chi connectivity index (χ0) is 12.9. The van der Waals surface area contributed by atoms with Crippen LogP contribution in [0, 0.1) is 13.8 Å². The molecule has 0 atom stereocenters. The molecule has 0 aliphatic heterocycles. The second-order valence-electron chi connectivity index (χ2n) is 5.25. The van der Waals surface area contributed by atoms with Gasteiger partial charge in [-0.2, -0.15) is 0 Å². The maximum Gasteiger partial charge on any atom is 0.135 e. The topological polar surface area (TPSA) is 25.2 Å². The molecule has 2 nitrogen and oxygen atoms in total. The summed E-state index contributed by atoms with van der Waals surface area (Å²) >= 11 is 3.69. The molecule has 0 bridgehead atoms. The third-order valence-corrected chi connectivity index (χ3v) is 4.99. The van der Waals surface area contributed by atoms with E-state index < -0.39 is 0 Å². The monoisotopic (exact) mass is 307 g/mol. The lowest BCUT2D eigenvalue weighted by Gasteiger charge is -2.06. The van der Waals surface area contributed by atoms with Crippen molar-refractivity contribution in [3.8, 4) is 0 Å². The fraction of sp³-hybridized carbons (Fsp3) is 0.467. The number of rotatable bonds is 3. The minimum atomic E-state index is 0.711. The molecule has 1 N–H and O–H groups in total. The first kappa shape index (κ1) is 12.2. The van der Waals surface area contributed by atoms with Crippen molar-refractivity contribution in [2.45, 2.75) is 39.2 Å². The van der Waals surface area contributed by atoms with E-state index in [2.05, 4.69) is 41.2 Å². The summed E-state index contributed by atoms with van der Waals surface area (Å²) in [6, 6.07) is 2.15. The lowest BCUT2D eigenvalue weighted by atomic mass is 10.0. The van der Waals surface area contributed by atoms with Crippen LogP contribution in [0.4, 0.5) is 0 Å². The average Bonchev–Trinajstić information content (AvgIpc) is 3.10. The van der Waals surface area contributed by atoms with Crippen LogP contribution in [0.2, 0.25) is 0 Å². The Morgan fingerprint density at radius 2 is 2.11 bits per heavy atom. The van der Waals surface area contributed by atoms with E-state index >= 15 is 0 Å². The minimum absolute atomic E-state index is 0.711. The normalized spacial score (nSPS) is 15.6. The smallest absolute Gasteiger partial charge is 0.135 e. The summed E-state index contributed by atoms with van der Waals surface area (Å²) in [5.74, 6) is 1.83. The Morgan fingerprint density at radius 3 is 2.72 bits per heavy atom. The van der Waals surface area contributed by atoms with Crippen molar-refractivity contribution in [1.82, 2.24) is 5.32 Å². The first-order valence-corrected chi connectivity index (χ1v) is 7.28.